The highest BCUT2D eigenvalue weighted by Gasteiger charge is 2.62. The zero-order valence-corrected chi connectivity index (χ0v) is 13.1. The molecule has 21 heavy (non-hydrogen) atoms. The molecule has 1 aromatic carbocycles. The number of likely N-dealkylation sites (tertiary alicyclic amines) is 1. The Bertz CT molecular complexity index is 553. The van der Waals surface area contributed by atoms with E-state index in [1.807, 2.05) is 0 Å². The van der Waals surface area contributed by atoms with Crippen LogP contribution in [0.1, 0.15) is 36.8 Å². The predicted octanol–water partition coefficient (Wildman–Crippen LogP) is 2.26. The molecule has 0 bridgehead atoms. The summed E-state index contributed by atoms with van der Waals surface area (Å²) in [5, 5.41) is 0. The van der Waals surface area contributed by atoms with Crippen LogP contribution in [0.25, 0.3) is 0 Å². The minimum atomic E-state index is 0. The fraction of sp³-hybridized carbons (Fsp3) is 0.588. The Morgan fingerprint density at radius 2 is 1.95 bits per heavy atom. The van der Waals surface area contributed by atoms with Gasteiger partial charge in [-0.1, -0.05) is 24.3 Å². The highest BCUT2D eigenvalue weighted by atomic mass is 35.5. The van der Waals surface area contributed by atoms with Crippen molar-refractivity contribution in [2.75, 3.05) is 13.1 Å². The number of nitrogens with zero attached hydrogens (tertiary/aromatic N) is 1. The first-order valence-corrected chi connectivity index (χ1v) is 7.83. The number of hydrogen-bond donors (Lipinski definition) is 1. The maximum Gasteiger partial charge on any atom is 0.226 e. The van der Waals surface area contributed by atoms with Crippen molar-refractivity contribution in [2.45, 2.75) is 43.6 Å². The van der Waals surface area contributed by atoms with Crippen molar-refractivity contribution in [1.29, 1.82) is 0 Å². The average Bonchev–Trinajstić information content (AvgIpc) is 3.09. The Kier molecular flexibility index (Phi) is 3.74. The van der Waals surface area contributed by atoms with Crippen LogP contribution in [-0.4, -0.2) is 29.9 Å². The summed E-state index contributed by atoms with van der Waals surface area (Å²) >= 11 is 0. The molecular formula is C17H23ClN2O. The van der Waals surface area contributed by atoms with Gasteiger partial charge in [0, 0.05) is 30.5 Å². The van der Waals surface area contributed by atoms with E-state index in [2.05, 4.69) is 29.2 Å². The third-order valence-electron chi connectivity index (χ3n) is 5.62. The fourth-order valence-corrected chi connectivity index (χ4v) is 4.26. The summed E-state index contributed by atoms with van der Waals surface area (Å²) in [5.74, 6) is 0.620. The Labute approximate surface area is 132 Å². The maximum absolute atomic E-state index is 12.7. The van der Waals surface area contributed by atoms with Gasteiger partial charge in [0.25, 0.3) is 0 Å². The van der Waals surface area contributed by atoms with Gasteiger partial charge in [-0.3, -0.25) is 4.79 Å². The second-order valence-electron chi connectivity index (χ2n) is 6.73. The van der Waals surface area contributed by atoms with E-state index in [9.17, 15) is 4.79 Å². The van der Waals surface area contributed by atoms with Gasteiger partial charge in [-0.2, -0.15) is 0 Å². The topological polar surface area (TPSA) is 46.3 Å². The van der Waals surface area contributed by atoms with Gasteiger partial charge in [-0.25, -0.2) is 0 Å². The molecule has 2 aliphatic carbocycles. The Morgan fingerprint density at radius 1 is 1.24 bits per heavy atom. The van der Waals surface area contributed by atoms with E-state index in [0.29, 0.717) is 11.9 Å². The smallest absolute Gasteiger partial charge is 0.226 e. The molecule has 4 heteroatoms. The molecule has 1 saturated carbocycles. The predicted molar refractivity (Wildman–Crippen MR) is 85.6 cm³/mol. The summed E-state index contributed by atoms with van der Waals surface area (Å²) in [6.07, 6.45) is 5.29. The molecule has 1 amide bonds. The first-order valence-electron chi connectivity index (χ1n) is 7.83. The Morgan fingerprint density at radius 3 is 2.71 bits per heavy atom. The summed E-state index contributed by atoms with van der Waals surface area (Å²) in [6, 6.07) is 8.99. The number of aryl methyl sites for hydroxylation is 1. The van der Waals surface area contributed by atoms with Gasteiger partial charge in [-0.05, 0) is 43.2 Å². The lowest BCUT2D eigenvalue weighted by atomic mass is 9.94. The van der Waals surface area contributed by atoms with E-state index in [0.717, 1.165) is 45.2 Å². The van der Waals surface area contributed by atoms with Gasteiger partial charge >= 0.3 is 0 Å². The molecule has 1 aliphatic heterocycles. The van der Waals surface area contributed by atoms with Gasteiger partial charge in [-0.15, -0.1) is 12.4 Å². The van der Waals surface area contributed by atoms with Crippen molar-refractivity contribution in [2.24, 2.45) is 11.7 Å². The first kappa shape index (κ1) is 14.9. The number of amides is 1. The van der Waals surface area contributed by atoms with Crippen molar-refractivity contribution in [3.8, 4) is 0 Å². The largest absolute Gasteiger partial charge is 0.342 e. The second kappa shape index (κ2) is 5.29. The third kappa shape index (κ3) is 2.27. The maximum atomic E-state index is 12.7. The van der Waals surface area contributed by atoms with Gasteiger partial charge in [0.1, 0.15) is 0 Å². The van der Waals surface area contributed by atoms with Crippen LogP contribution in [-0.2, 0) is 16.6 Å². The molecule has 2 atom stereocenters. The van der Waals surface area contributed by atoms with Crippen molar-refractivity contribution in [3.63, 3.8) is 0 Å². The van der Waals surface area contributed by atoms with Crippen LogP contribution in [0, 0.1) is 5.92 Å². The minimum Gasteiger partial charge on any atom is -0.342 e. The van der Waals surface area contributed by atoms with Gasteiger partial charge in [0.05, 0.1) is 0 Å². The van der Waals surface area contributed by atoms with Crippen molar-refractivity contribution in [1.82, 2.24) is 4.90 Å². The number of carbonyl (C=O) groups is 1. The highest BCUT2D eigenvalue weighted by Crippen LogP contribution is 2.62. The van der Waals surface area contributed by atoms with E-state index in [-0.39, 0.29) is 23.7 Å². The number of nitrogens with two attached hydrogens (primary N) is 1. The molecule has 1 aromatic rings. The monoisotopic (exact) mass is 306 g/mol. The van der Waals surface area contributed by atoms with Crippen LogP contribution in [0.5, 0.6) is 0 Å². The van der Waals surface area contributed by atoms with Crippen LogP contribution in [0.3, 0.4) is 0 Å². The number of carbonyl (C=O) groups excluding carboxylic acids is 1. The van der Waals surface area contributed by atoms with Gasteiger partial charge in [0.2, 0.25) is 5.91 Å². The number of halogens is 1. The quantitative estimate of drug-likeness (QED) is 0.865. The van der Waals surface area contributed by atoms with Crippen molar-refractivity contribution < 1.29 is 4.79 Å². The lowest BCUT2D eigenvalue weighted by Gasteiger charge is -2.31. The molecule has 114 valence electrons. The van der Waals surface area contributed by atoms with Crippen LogP contribution in [0.15, 0.2) is 24.3 Å². The van der Waals surface area contributed by atoms with Gasteiger partial charge < -0.3 is 10.6 Å². The third-order valence-corrected chi connectivity index (χ3v) is 5.62. The lowest BCUT2D eigenvalue weighted by Crippen LogP contribution is -2.44. The summed E-state index contributed by atoms with van der Waals surface area (Å²) < 4.78 is 0. The molecule has 2 unspecified atom stereocenters. The molecule has 0 aromatic heterocycles. The van der Waals surface area contributed by atoms with E-state index in [1.165, 1.54) is 11.1 Å². The van der Waals surface area contributed by atoms with Crippen LogP contribution < -0.4 is 5.73 Å². The van der Waals surface area contributed by atoms with Gasteiger partial charge in [0.15, 0.2) is 0 Å². The van der Waals surface area contributed by atoms with Crippen molar-refractivity contribution >= 4 is 18.3 Å². The molecule has 4 rings (SSSR count). The molecule has 1 spiro atoms. The first-order chi connectivity index (χ1) is 9.71. The molecule has 2 N–H and O–H groups in total. The lowest BCUT2D eigenvalue weighted by molar-refractivity contribution is -0.134. The summed E-state index contributed by atoms with van der Waals surface area (Å²) in [5.41, 5.74) is 9.03. The molecule has 3 aliphatic rings. The second-order valence-corrected chi connectivity index (χ2v) is 6.73. The highest BCUT2D eigenvalue weighted by molar-refractivity contribution is 5.85. The standard InChI is InChI=1S/C17H22N2O.ClH/c18-13-6-9-19(10-7-13)16(20)15-11-17(15)8-5-12-3-1-2-4-14(12)17;/h1-4,13,15H,5-11,18H2;1H. The van der Waals surface area contributed by atoms with Crippen molar-refractivity contribution in [3.05, 3.63) is 35.4 Å². The molecule has 3 nitrogen and oxygen atoms in total. The van der Waals surface area contributed by atoms with Crippen LogP contribution in [0.2, 0.25) is 0 Å². The number of benzene rings is 1. The minimum absolute atomic E-state index is 0. The summed E-state index contributed by atoms with van der Waals surface area (Å²) in [6.45, 7) is 1.71. The summed E-state index contributed by atoms with van der Waals surface area (Å²) in [7, 11) is 0. The van der Waals surface area contributed by atoms with E-state index in [1.54, 1.807) is 0 Å². The number of rotatable bonds is 1. The molecule has 1 saturated heterocycles. The average molecular weight is 307 g/mol. The van der Waals surface area contributed by atoms with E-state index in [4.69, 9.17) is 5.73 Å². The zero-order chi connectivity index (χ0) is 13.7. The Balaban J connectivity index is 0.00000132. The molecule has 1 heterocycles. The normalized spacial score (nSPS) is 30.9. The molecular weight excluding hydrogens is 284 g/mol. The molecule has 0 radical (unpaired) electrons. The zero-order valence-electron chi connectivity index (χ0n) is 12.3. The van der Waals surface area contributed by atoms with E-state index < -0.39 is 0 Å². The van der Waals surface area contributed by atoms with E-state index >= 15 is 0 Å². The number of hydrogen-bond acceptors (Lipinski definition) is 2. The molecule has 2 fully saturated rings. The van der Waals surface area contributed by atoms with Crippen LogP contribution >= 0.6 is 12.4 Å². The SMILES string of the molecule is Cl.NC1CCN(C(=O)C2CC23CCc2ccccc23)CC1. The summed E-state index contributed by atoms with van der Waals surface area (Å²) in [4.78, 5) is 14.8. The number of piperidine rings is 1. The number of fused-ring (bicyclic) bond motifs is 2. The Hall–Kier alpha value is -1.06. The fourth-order valence-electron chi connectivity index (χ4n) is 4.26. The van der Waals surface area contributed by atoms with Crippen LogP contribution in [0.4, 0.5) is 0 Å².